The Morgan fingerprint density at radius 2 is 0.878 bits per heavy atom. The molecule has 1 saturated carbocycles. The average molecular weight is 1080 g/mol. The summed E-state index contributed by atoms with van der Waals surface area (Å²) in [6, 6.07) is 50.1. The zero-order valence-corrected chi connectivity index (χ0v) is 53.3. The standard InChI is InChI=1S/C78H92BN3/c1-48-38-54-59(76(15,16)47-75(54,13)14)44-64(48)81-66-46-58-56(72(7,8)35-37-74(58,11)12)43-61(66)79-60-42-55-57(73(9,10)36-34-71(55,5)6)45-65(60)80(62-31-30-50(70(2,3)4)39-52(62)49-26-20-19-21-27-49)67-40-51(41-68(81)69(67)79)82-63-29-23-22-28-53(63)77(17)32-24-25-33-78(77,82)18/h19-23,26-31,38-46H,24-25,32-37,47H2,1-18H3. The van der Waals surface area contributed by atoms with E-state index in [9.17, 15) is 0 Å². The first kappa shape index (κ1) is 54.0. The number of anilines is 8. The van der Waals surface area contributed by atoms with Crippen molar-refractivity contribution in [3.05, 3.63) is 171 Å². The summed E-state index contributed by atoms with van der Waals surface area (Å²) in [5.41, 5.74) is 30.6. The molecule has 7 aromatic carbocycles. The van der Waals surface area contributed by atoms with Crippen molar-refractivity contribution in [2.45, 2.75) is 231 Å². The van der Waals surface area contributed by atoms with E-state index in [0.717, 1.165) is 19.3 Å². The van der Waals surface area contributed by atoms with Gasteiger partial charge in [0.15, 0.2) is 0 Å². The number of para-hydroxylation sites is 1. The van der Waals surface area contributed by atoms with Crippen LogP contribution in [0.3, 0.4) is 0 Å². The molecule has 2 unspecified atom stereocenters. The van der Waals surface area contributed by atoms with Crippen LogP contribution in [0.5, 0.6) is 0 Å². The number of benzene rings is 7. The molecule has 3 nitrogen and oxygen atoms in total. The van der Waals surface area contributed by atoms with E-state index in [4.69, 9.17) is 0 Å². The molecule has 4 heteroatoms. The van der Waals surface area contributed by atoms with Crippen LogP contribution in [0.1, 0.15) is 226 Å². The first-order valence-corrected chi connectivity index (χ1v) is 31.8. The van der Waals surface area contributed by atoms with Crippen molar-refractivity contribution < 1.29 is 0 Å². The number of hydrogen-bond donors (Lipinski definition) is 0. The molecular weight excluding hydrogens is 990 g/mol. The van der Waals surface area contributed by atoms with Crippen LogP contribution in [-0.4, -0.2) is 12.3 Å². The first-order chi connectivity index (χ1) is 38.4. The Bertz CT molecular complexity index is 3860. The van der Waals surface area contributed by atoms with Crippen LogP contribution in [0.25, 0.3) is 11.1 Å². The molecule has 0 saturated heterocycles. The lowest BCUT2D eigenvalue weighted by molar-refractivity contribution is 0.195. The Hall–Kier alpha value is -6.00. The number of hydrogen-bond acceptors (Lipinski definition) is 3. The van der Waals surface area contributed by atoms with Crippen molar-refractivity contribution in [3.8, 4) is 11.1 Å². The van der Waals surface area contributed by atoms with Gasteiger partial charge in [-0.05, 0) is 217 Å². The lowest BCUT2D eigenvalue weighted by Gasteiger charge is -2.52. The molecule has 0 radical (unpaired) electrons. The smallest absolute Gasteiger partial charge is 0.252 e. The molecule has 14 rings (SSSR count). The van der Waals surface area contributed by atoms with E-state index in [1.807, 2.05) is 0 Å². The lowest BCUT2D eigenvalue weighted by Crippen LogP contribution is -2.62. The highest BCUT2D eigenvalue weighted by atomic mass is 15.3. The van der Waals surface area contributed by atoms with Crippen LogP contribution in [0.15, 0.2) is 121 Å². The Morgan fingerprint density at radius 3 is 1.44 bits per heavy atom. The third-order valence-electron chi connectivity index (χ3n) is 23.4. The molecule has 4 aliphatic carbocycles. The van der Waals surface area contributed by atoms with Crippen molar-refractivity contribution in [2.24, 2.45) is 0 Å². The van der Waals surface area contributed by atoms with Gasteiger partial charge in [-0.15, -0.1) is 0 Å². The summed E-state index contributed by atoms with van der Waals surface area (Å²) in [6.45, 7) is 45.0. The fourth-order valence-electron chi connectivity index (χ4n) is 18.2. The molecule has 7 aromatic rings. The number of rotatable bonds is 4. The molecular formula is C78H92BN3. The zero-order chi connectivity index (χ0) is 58.0. The minimum absolute atomic E-state index is 0.000127. The molecule has 0 amide bonds. The lowest BCUT2D eigenvalue weighted by atomic mass is 9.32. The third-order valence-corrected chi connectivity index (χ3v) is 23.4. The normalized spacial score (nSPS) is 24.1. The van der Waals surface area contributed by atoms with Gasteiger partial charge in [0.1, 0.15) is 0 Å². The minimum Gasteiger partial charge on any atom is -0.334 e. The van der Waals surface area contributed by atoms with E-state index in [0.29, 0.717) is 0 Å². The number of fused-ring (bicyclic) bond motifs is 10. The van der Waals surface area contributed by atoms with Crippen molar-refractivity contribution in [3.63, 3.8) is 0 Å². The Balaban J connectivity index is 1.18. The first-order valence-electron chi connectivity index (χ1n) is 31.8. The Morgan fingerprint density at radius 1 is 0.402 bits per heavy atom. The summed E-state index contributed by atoms with van der Waals surface area (Å²) in [5, 5.41) is 0. The van der Waals surface area contributed by atoms with Crippen LogP contribution in [0.4, 0.5) is 45.5 Å². The van der Waals surface area contributed by atoms with Gasteiger partial charge < -0.3 is 14.7 Å². The second kappa shape index (κ2) is 17.1. The summed E-state index contributed by atoms with van der Waals surface area (Å²) in [4.78, 5) is 8.51. The monoisotopic (exact) mass is 1080 g/mol. The average Bonchev–Trinajstić information content (AvgIpc) is 1.95. The topological polar surface area (TPSA) is 9.72 Å². The van der Waals surface area contributed by atoms with Crippen LogP contribution in [0, 0.1) is 6.92 Å². The van der Waals surface area contributed by atoms with Crippen molar-refractivity contribution in [1.29, 1.82) is 0 Å². The molecule has 1 fully saturated rings. The predicted octanol–water partition coefficient (Wildman–Crippen LogP) is 19.4. The molecule has 0 bridgehead atoms. The molecule has 3 heterocycles. The van der Waals surface area contributed by atoms with Gasteiger partial charge >= 0.3 is 0 Å². The second-order valence-electron chi connectivity index (χ2n) is 32.6. The van der Waals surface area contributed by atoms with Gasteiger partial charge in [-0.25, -0.2) is 0 Å². The fourth-order valence-corrected chi connectivity index (χ4v) is 18.2. The van der Waals surface area contributed by atoms with Crippen LogP contribution >= 0.6 is 0 Å². The summed E-state index contributed by atoms with van der Waals surface area (Å²) < 4.78 is 0. The van der Waals surface area contributed by atoms with Crippen LogP contribution in [0.2, 0.25) is 0 Å². The number of nitrogens with zero attached hydrogens (tertiary/aromatic N) is 3. The summed E-state index contributed by atoms with van der Waals surface area (Å²) in [5.74, 6) is 0. The van der Waals surface area contributed by atoms with E-state index < -0.39 is 0 Å². The quantitative estimate of drug-likeness (QED) is 0.163. The minimum atomic E-state index is -0.143. The second-order valence-corrected chi connectivity index (χ2v) is 32.6. The molecule has 2 atom stereocenters. The zero-order valence-electron chi connectivity index (χ0n) is 53.3. The van der Waals surface area contributed by atoms with Crippen molar-refractivity contribution in [2.75, 3.05) is 14.7 Å². The molecule has 422 valence electrons. The molecule has 3 aliphatic heterocycles. The van der Waals surface area contributed by atoms with Crippen LogP contribution in [-0.2, 0) is 43.3 Å². The maximum Gasteiger partial charge on any atom is 0.252 e. The van der Waals surface area contributed by atoms with Gasteiger partial charge in [-0.3, -0.25) is 0 Å². The van der Waals surface area contributed by atoms with Gasteiger partial charge in [-0.1, -0.05) is 196 Å². The van der Waals surface area contributed by atoms with Crippen molar-refractivity contribution >= 4 is 68.6 Å². The Kier molecular flexibility index (Phi) is 11.3. The SMILES string of the molecule is Cc1cc2c(cc1N1c3cc4c(cc3B3c5cc6c(cc5N(c5ccc(C(C)(C)C)cc5-c5ccccc5)c5cc(N7c8ccccc8C8(C)CCCCC78C)cc1c53)C(C)(C)CCC6(C)C)C(C)(C)CCC4(C)C)C(C)(C)CC2(C)C. The molecule has 0 spiro atoms. The fraction of sp³-hybridized carbons (Fsp3) is 0.462. The van der Waals surface area contributed by atoms with Gasteiger partial charge in [0.2, 0.25) is 0 Å². The summed E-state index contributed by atoms with van der Waals surface area (Å²) >= 11 is 0. The highest BCUT2D eigenvalue weighted by Crippen LogP contribution is 2.63. The van der Waals surface area contributed by atoms with Gasteiger partial charge in [0, 0.05) is 50.8 Å². The number of aryl methyl sites for hydroxylation is 1. The Labute approximate surface area is 494 Å². The van der Waals surface area contributed by atoms with E-state index >= 15 is 0 Å². The van der Waals surface area contributed by atoms with Crippen LogP contribution < -0.4 is 31.1 Å². The summed E-state index contributed by atoms with van der Waals surface area (Å²) in [7, 11) is 0. The highest BCUT2D eigenvalue weighted by molar-refractivity contribution is 7.00. The van der Waals surface area contributed by atoms with Gasteiger partial charge in [-0.2, -0.15) is 0 Å². The van der Waals surface area contributed by atoms with Crippen molar-refractivity contribution in [1.82, 2.24) is 0 Å². The molecule has 82 heavy (non-hydrogen) atoms. The largest absolute Gasteiger partial charge is 0.334 e. The summed E-state index contributed by atoms with van der Waals surface area (Å²) in [6.07, 6.45) is 10.6. The molecule has 0 N–H and O–H groups in total. The maximum atomic E-state index is 2.87. The van der Waals surface area contributed by atoms with E-state index in [1.165, 1.54) is 162 Å². The van der Waals surface area contributed by atoms with E-state index in [2.05, 4.69) is 261 Å². The molecule has 7 aliphatic rings. The van der Waals surface area contributed by atoms with E-state index in [1.54, 1.807) is 0 Å². The highest BCUT2D eigenvalue weighted by Gasteiger charge is 2.59. The maximum absolute atomic E-state index is 2.87. The third kappa shape index (κ3) is 7.46. The van der Waals surface area contributed by atoms with Gasteiger partial charge in [0.05, 0.1) is 11.2 Å². The molecule has 0 aromatic heterocycles. The predicted molar refractivity (Wildman–Crippen MR) is 353 cm³/mol. The van der Waals surface area contributed by atoms with E-state index in [-0.39, 0.29) is 55.6 Å². The van der Waals surface area contributed by atoms with Gasteiger partial charge in [0.25, 0.3) is 6.71 Å².